The number of hydrogen-bond acceptors (Lipinski definition) is 4. The number of benzene rings is 2. The van der Waals surface area contributed by atoms with E-state index in [9.17, 15) is 9.59 Å². The number of halogens is 1. The minimum Gasteiger partial charge on any atom is -0.268 e. The van der Waals surface area contributed by atoms with Gasteiger partial charge in [-0.15, -0.1) is 0 Å². The maximum atomic E-state index is 12.6. The van der Waals surface area contributed by atoms with Crippen molar-refractivity contribution < 1.29 is 9.59 Å². The zero-order chi connectivity index (χ0) is 17.3. The summed E-state index contributed by atoms with van der Waals surface area (Å²) in [6, 6.07) is 14.9. The molecule has 6 heteroatoms. The van der Waals surface area contributed by atoms with Crippen molar-refractivity contribution in [2.45, 2.75) is 6.92 Å². The molecule has 0 aliphatic carbocycles. The molecule has 1 aliphatic rings. The van der Waals surface area contributed by atoms with E-state index in [4.69, 9.17) is 12.2 Å². The third-order valence-electron chi connectivity index (χ3n) is 3.43. The molecule has 0 atom stereocenters. The SMILES string of the molecule is Cc1cccc(C(=O)N2C(=O)C(=Cc3ccc(I)cc3)SC2=S)c1. The Hall–Kier alpha value is -1.51. The summed E-state index contributed by atoms with van der Waals surface area (Å²) in [5, 5.41) is 0. The quantitative estimate of drug-likeness (QED) is 0.280. The van der Waals surface area contributed by atoms with E-state index in [1.165, 1.54) is 0 Å². The summed E-state index contributed by atoms with van der Waals surface area (Å²) in [5.74, 6) is -0.748. The Labute approximate surface area is 163 Å². The van der Waals surface area contributed by atoms with E-state index >= 15 is 0 Å². The molecule has 2 amide bonds. The van der Waals surface area contributed by atoms with Crippen LogP contribution in [0.3, 0.4) is 0 Å². The second kappa shape index (κ2) is 7.16. The lowest BCUT2D eigenvalue weighted by Gasteiger charge is -2.12. The normalized spacial score (nSPS) is 16.1. The summed E-state index contributed by atoms with van der Waals surface area (Å²) in [4.78, 5) is 26.8. The summed E-state index contributed by atoms with van der Waals surface area (Å²) in [7, 11) is 0. The van der Waals surface area contributed by atoms with Gasteiger partial charge in [0.1, 0.15) is 0 Å². The highest BCUT2D eigenvalue weighted by Gasteiger charge is 2.37. The van der Waals surface area contributed by atoms with E-state index in [1.54, 1.807) is 24.3 Å². The molecule has 2 aromatic rings. The fourth-order valence-corrected chi connectivity index (χ4v) is 3.87. The van der Waals surface area contributed by atoms with Gasteiger partial charge in [-0.2, -0.15) is 0 Å². The Bertz CT molecular complexity index is 875. The summed E-state index contributed by atoms with van der Waals surface area (Å²) >= 11 is 8.62. The molecule has 1 saturated heterocycles. The van der Waals surface area contributed by atoms with Gasteiger partial charge in [0, 0.05) is 9.13 Å². The molecule has 0 unspecified atom stereocenters. The average molecular weight is 465 g/mol. The fourth-order valence-electron chi connectivity index (χ4n) is 2.26. The highest BCUT2D eigenvalue weighted by Crippen LogP contribution is 2.33. The lowest BCUT2D eigenvalue weighted by molar-refractivity contribution is -0.120. The number of hydrogen-bond donors (Lipinski definition) is 0. The van der Waals surface area contributed by atoms with Crippen LogP contribution in [-0.2, 0) is 4.79 Å². The molecule has 0 spiro atoms. The first-order chi connectivity index (χ1) is 11.5. The number of aryl methyl sites for hydroxylation is 1. The molecule has 0 aromatic heterocycles. The van der Waals surface area contributed by atoms with Crippen LogP contribution in [-0.4, -0.2) is 21.0 Å². The predicted molar refractivity (Wildman–Crippen MR) is 110 cm³/mol. The van der Waals surface area contributed by atoms with Crippen LogP contribution in [0.1, 0.15) is 21.5 Å². The fraction of sp³-hybridized carbons (Fsp3) is 0.0556. The van der Waals surface area contributed by atoms with Gasteiger partial charge in [0.15, 0.2) is 4.32 Å². The number of thioether (sulfide) groups is 1. The first-order valence-electron chi connectivity index (χ1n) is 7.10. The lowest BCUT2D eigenvalue weighted by Crippen LogP contribution is -2.34. The number of thiocarbonyl (C=S) groups is 1. The molecule has 1 aliphatic heterocycles. The van der Waals surface area contributed by atoms with Crippen LogP contribution < -0.4 is 0 Å². The van der Waals surface area contributed by atoms with Crippen LogP contribution in [0.5, 0.6) is 0 Å². The van der Waals surface area contributed by atoms with Gasteiger partial charge < -0.3 is 0 Å². The second-order valence-electron chi connectivity index (χ2n) is 5.24. The molecular weight excluding hydrogens is 453 g/mol. The van der Waals surface area contributed by atoms with Crippen LogP contribution in [0.4, 0.5) is 0 Å². The highest BCUT2D eigenvalue weighted by molar-refractivity contribution is 14.1. The molecule has 0 bridgehead atoms. The molecule has 24 heavy (non-hydrogen) atoms. The van der Waals surface area contributed by atoms with Gasteiger partial charge in [0.25, 0.3) is 11.8 Å². The molecule has 0 N–H and O–H groups in total. The van der Waals surface area contributed by atoms with Gasteiger partial charge in [-0.1, -0.05) is 53.8 Å². The standard InChI is InChI=1S/C18H12INO2S2/c1-11-3-2-4-13(9-11)16(21)20-17(22)15(24-18(20)23)10-12-5-7-14(19)8-6-12/h2-10H,1H3. The maximum absolute atomic E-state index is 12.6. The Balaban J connectivity index is 1.89. The van der Waals surface area contributed by atoms with Crippen molar-refractivity contribution in [2.75, 3.05) is 0 Å². The number of carbonyl (C=O) groups excluding carboxylic acids is 2. The number of nitrogens with zero attached hydrogens (tertiary/aromatic N) is 1. The Kier molecular flexibility index (Phi) is 5.17. The molecule has 2 aromatic carbocycles. The molecule has 3 nitrogen and oxygen atoms in total. The van der Waals surface area contributed by atoms with Crippen LogP contribution in [0.25, 0.3) is 6.08 Å². The van der Waals surface area contributed by atoms with E-state index in [0.717, 1.165) is 31.4 Å². The van der Waals surface area contributed by atoms with Crippen molar-refractivity contribution in [1.82, 2.24) is 4.90 Å². The largest absolute Gasteiger partial charge is 0.273 e. The average Bonchev–Trinajstić information content (AvgIpc) is 2.83. The van der Waals surface area contributed by atoms with E-state index in [2.05, 4.69) is 22.6 Å². The Morgan fingerprint density at radius 2 is 1.92 bits per heavy atom. The van der Waals surface area contributed by atoms with Crippen molar-refractivity contribution in [3.05, 3.63) is 73.7 Å². The van der Waals surface area contributed by atoms with Crippen molar-refractivity contribution >= 4 is 68.8 Å². The zero-order valence-electron chi connectivity index (χ0n) is 12.7. The predicted octanol–water partition coefficient (Wildman–Crippen LogP) is 4.64. The van der Waals surface area contributed by atoms with Crippen molar-refractivity contribution in [1.29, 1.82) is 0 Å². The first-order valence-corrected chi connectivity index (χ1v) is 9.40. The smallest absolute Gasteiger partial charge is 0.268 e. The van der Waals surface area contributed by atoms with Crippen molar-refractivity contribution in [3.63, 3.8) is 0 Å². The van der Waals surface area contributed by atoms with Gasteiger partial charge >= 0.3 is 0 Å². The monoisotopic (exact) mass is 465 g/mol. The van der Waals surface area contributed by atoms with Crippen molar-refractivity contribution in [3.8, 4) is 0 Å². The highest BCUT2D eigenvalue weighted by atomic mass is 127. The molecule has 120 valence electrons. The van der Waals surface area contributed by atoms with Crippen molar-refractivity contribution in [2.24, 2.45) is 0 Å². The van der Waals surface area contributed by atoms with Gasteiger partial charge in [0.2, 0.25) is 0 Å². The molecular formula is C18H12INO2S2. The number of carbonyl (C=O) groups is 2. The summed E-state index contributed by atoms with van der Waals surface area (Å²) in [6.45, 7) is 1.90. The molecule has 3 rings (SSSR count). The Morgan fingerprint density at radius 1 is 1.21 bits per heavy atom. The molecule has 0 saturated carbocycles. The third-order valence-corrected chi connectivity index (χ3v) is 5.45. The van der Waals surface area contributed by atoms with Crippen LogP contribution in [0, 0.1) is 10.5 Å². The summed E-state index contributed by atoms with van der Waals surface area (Å²) in [6.07, 6.45) is 1.76. The number of imide groups is 1. The van der Waals surface area contributed by atoms with E-state index in [-0.39, 0.29) is 16.1 Å². The van der Waals surface area contributed by atoms with E-state index in [1.807, 2.05) is 37.3 Å². The summed E-state index contributed by atoms with van der Waals surface area (Å²) < 4.78 is 1.38. The maximum Gasteiger partial charge on any atom is 0.273 e. The number of rotatable bonds is 2. The first kappa shape index (κ1) is 17.3. The Morgan fingerprint density at radius 3 is 2.58 bits per heavy atom. The van der Waals surface area contributed by atoms with Crippen LogP contribution >= 0.6 is 46.6 Å². The topological polar surface area (TPSA) is 37.4 Å². The van der Waals surface area contributed by atoms with E-state index in [0.29, 0.717) is 10.5 Å². The van der Waals surface area contributed by atoms with E-state index < -0.39 is 0 Å². The van der Waals surface area contributed by atoms with Gasteiger partial charge in [-0.05, 0) is 65.4 Å². The number of amides is 2. The summed E-state index contributed by atoms with van der Waals surface area (Å²) in [5.41, 5.74) is 2.32. The van der Waals surface area contributed by atoms with Gasteiger partial charge in [0.05, 0.1) is 4.91 Å². The molecule has 1 fully saturated rings. The van der Waals surface area contributed by atoms with Gasteiger partial charge in [-0.25, -0.2) is 4.90 Å². The van der Waals surface area contributed by atoms with Crippen LogP contribution in [0.15, 0.2) is 53.4 Å². The lowest BCUT2D eigenvalue weighted by atomic mass is 10.1. The minimum absolute atomic E-state index is 0.267. The molecule has 0 radical (unpaired) electrons. The van der Waals surface area contributed by atoms with Gasteiger partial charge in [-0.3, -0.25) is 9.59 Å². The molecule has 1 heterocycles. The minimum atomic E-state index is -0.382. The van der Waals surface area contributed by atoms with Crippen LogP contribution in [0.2, 0.25) is 0 Å². The second-order valence-corrected chi connectivity index (χ2v) is 8.16. The zero-order valence-corrected chi connectivity index (χ0v) is 16.4. The third kappa shape index (κ3) is 3.60.